The number of hydrogen-bond donors (Lipinski definition) is 1. The molecule has 2 aromatic heterocycles. The van der Waals surface area contributed by atoms with Gasteiger partial charge in [0.15, 0.2) is 0 Å². The van der Waals surface area contributed by atoms with Crippen LogP contribution in [-0.2, 0) is 19.9 Å². The predicted molar refractivity (Wildman–Crippen MR) is 103 cm³/mol. The summed E-state index contributed by atoms with van der Waals surface area (Å²) in [6.45, 7) is 0. The molecule has 0 aliphatic heterocycles. The number of aromatic nitrogens is 3. The predicted octanol–water partition coefficient (Wildman–Crippen LogP) is 3.21. The number of nitrogens with zero attached hydrogens (tertiary/aromatic N) is 3. The van der Waals surface area contributed by atoms with E-state index in [4.69, 9.17) is 10.7 Å². The first-order valence-corrected chi connectivity index (χ1v) is 7.47. The molecule has 1 amide bonds. The van der Waals surface area contributed by atoms with Crippen molar-refractivity contribution in [3.63, 3.8) is 0 Å². The van der Waals surface area contributed by atoms with Gasteiger partial charge in [-0.15, -0.1) is 24.8 Å². The van der Waals surface area contributed by atoms with Crippen molar-refractivity contribution in [3.8, 4) is 11.3 Å². The monoisotopic (exact) mass is 378 g/mol. The van der Waals surface area contributed by atoms with E-state index in [2.05, 4.69) is 4.98 Å². The molecule has 0 aliphatic carbocycles. The summed E-state index contributed by atoms with van der Waals surface area (Å²) in [6.07, 6.45) is 3.48. The van der Waals surface area contributed by atoms with Gasteiger partial charge in [-0.3, -0.25) is 4.79 Å². The third-order valence-electron chi connectivity index (χ3n) is 3.71. The number of halogens is 2. The molecular weight excluding hydrogens is 359 g/mol. The highest BCUT2D eigenvalue weighted by molar-refractivity contribution is 5.90. The number of rotatable bonds is 5. The van der Waals surface area contributed by atoms with Crippen LogP contribution < -0.4 is 5.73 Å². The van der Waals surface area contributed by atoms with Crippen LogP contribution in [0.3, 0.4) is 0 Å². The van der Waals surface area contributed by atoms with Gasteiger partial charge in [0.1, 0.15) is 11.5 Å². The first kappa shape index (κ1) is 20.7. The maximum atomic E-state index is 11.2. The molecule has 0 radical (unpaired) electrons. The van der Waals surface area contributed by atoms with Crippen molar-refractivity contribution in [1.82, 2.24) is 14.5 Å². The van der Waals surface area contributed by atoms with E-state index in [1.807, 2.05) is 54.2 Å². The summed E-state index contributed by atoms with van der Waals surface area (Å²) in [5, 5.41) is 0. The molecule has 3 rings (SSSR count). The van der Waals surface area contributed by atoms with Crippen molar-refractivity contribution in [2.45, 2.75) is 12.8 Å². The molecule has 5 nitrogen and oxygen atoms in total. The molecule has 7 heteroatoms. The molecule has 0 spiro atoms. The zero-order valence-corrected chi connectivity index (χ0v) is 15.4. The second-order valence-electron chi connectivity index (χ2n) is 5.40. The fourth-order valence-corrected chi connectivity index (χ4v) is 2.48. The van der Waals surface area contributed by atoms with Crippen molar-refractivity contribution in [1.29, 1.82) is 0 Å². The Labute approximate surface area is 159 Å². The molecule has 0 aliphatic rings. The van der Waals surface area contributed by atoms with Gasteiger partial charge in [-0.25, -0.2) is 9.97 Å². The zero-order valence-electron chi connectivity index (χ0n) is 13.8. The van der Waals surface area contributed by atoms with Gasteiger partial charge >= 0.3 is 0 Å². The average Bonchev–Trinajstić information content (AvgIpc) is 2.95. The Balaban J connectivity index is 0.00000156. The van der Waals surface area contributed by atoms with Crippen LogP contribution in [0.15, 0.2) is 54.7 Å². The average molecular weight is 379 g/mol. The summed E-state index contributed by atoms with van der Waals surface area (Å²) in [6, 6.07) is 15.4. The van der Waals surface area contributed by atoms with E-state index in [1.54, 1.807) is 12.1 Å². The van der Waals surface area contributed by atoms with E-state index in [-0.39, 0.29) is 24.8 Å². The molecule has 132 valence electrons. The Kier molecular flexibility index (Phi) is 7.61. The molecule has 2 heterocycles. The fourth-order valence-electron chi connectivity index (χ4n) is 2.48. The highest BCUT2D eigenvalue weighted by Crippen LogP contribution is 2.18. The molecule has 0 unspecified atom stereocenters. The maximum Gasteiger partial charge on any atom is 0.267 e. The fraction of sp³-hybridized carbons (Fsp3) is 0.167. The third-order valence-corrected chi connectivity index (χ3v) is 3.71. The SMILES string of the molecule is Cl.Cl.Cn1cc(-c2ccccc2)nc1CCc1cccc(C(N)=O)n1. The second-order valence-corrected chi connectivity index (χ2v) is 5.40. The Bertz CT molecular complexity index is 834. The molecule has 0 fully saturated rings. The molecule has 2 N–H and O–H groups in total. The quantitative estimate of drug-likeness (QED) is 0.740. The van der Waals surface area contributed by atoms with Crippen LogP contribution in [0.25, 0.3) is 11.3 Å². The largest absolute Gasteiger partial charge is 0.364 e. The van der Waals surface area contributed by atoms with E-state index in [1.165, 1.54) is 0 Å². The Morgan fingerprint density at radius 1 is 1.00 bits per heavy atom. The number of carbonyl (C=O) groups excluding carboxylic acids is 1. The van der Waals surface area contributed by atoms with E-state index in [9.17, 15) is 4.79 Å². The molecule has 0 atom stereocenters. The Morgan fingerprint density at radius 3 is 2.40 bits per heavy atom. The number of benzene rings is 1. The van der Waals surface area contributed by atoms with Crippen molar-refractivity contribution < 1.29 is 4.79 Å². The van der Waals surface area contributed by atoms with Gasteiger partial charge in [0.25, 0.3) is 5.91 Å². The van der Waals surface area contributed by atoms with Gasteiger partial charge in [0.2, 0.25) is 0 Å². The first-order chi connectivity index (χ1) is 11.1. The van der Waals surface area contributed by atoms with Crippen LogP contribution in [0.2, 0.25) is 0 Å². The van der Waals surface area contributed by atoms with E-state index >= 15 is 0 Å². The summed E-state index contributed by atoms with van der Waals surface area (Å²) < 4.78 is 2.03. The highest BCUT2D eigenvalue weighted by Gasteiger charge is 2.09. The van der Waals surface area contributed by atoms with Gasteiger partial charge in [-0.2, -0.15) is 0 Å². The van der Waals surface area contributed by atoms with Gasteiger partial charge < -0.3 is 10.3 Å². The lowest BCUT2D eigenvalue weighted by molar-refractivity contribution is 0.0995. The minimum Gasteiger partial charge on any atom is -0.364 e. The topological polar surface area (TPSA) is 73.8 Å². The molecule has 0 bridgehead atoms. The molecular formula is C18H20Cl2N4O. The molecule has 3 aromatic rings. The maximum absolute atomic E-state index is 11.2. The molecule has 1 aromatic carbocycles. The standard InChI is InChI=1S/C18H18N4O.2ClH/c1-22-12-16(13-6-3-2-4-7-13)21-17(22)11-10-14-8-5-9-15(20-14)18(19)23;;/h2-9,12H,10-11H2,1H3,(H2,19,23);2*1H. The lowest BCUT2D eigenvalue weighted by atomic mass is 10.2. The van der Waals surface area contributed by atoms with Gasteiger partial charge in [-0.1, -0.05) is 36.4 Å². The number of pyridine rings is 1. The van der Waals surface area contributed by atoms with E-state index in [0.29, 0.717) is 12.1 Å². The minimum absolute atomic E-state index is 0. The minimum atomic E-state index is -0.504. The number of aryl methyl sites for hydroxylation is 3. The smallest absolute Gasteiger partial charge is 0.267 e. The number of nitrogens with two attached hydrogens (primary N) is 1. The van der Waals surface area contributed by atoms with Gasteiger partial charge in [0, 0.05) is 30.9 Å². The molecule has 0 saturated carbocycles. The summed E-state index contributed by atoms with van der Waals surface area (Å²) in [5.41, 5.74) is 8.46. The van der Waals surface area contributed by atoms with Crippen molar-refractivity contribution in [2.75, 3.05) is 0 Å². The Morgan fingerprint density at radius 2 is 1.72 bits per heavy atom. The first-order valence-electron chi connectivity index (χ1n) is 7.47. The lowest BCUT2D eigenvalue weighted by Gasteiger charge is -2.03. The van der Waals surface area contributed by atoms with E-state index < -0.39 is 5.91 Å². The lowest BCUT2D eigenvalue weighted by Crippen LogP contribution is -2.14. The van der Waals surface area contributed by atoms with Crippen LogP contribution >= 0.6 is 24.8 Å². The second kappa shape index (κ2) is 9.20. The number of carbonyl (C=O) groups is 1. The number of amides is 1. The van der Waals surface area contributed by atoms with Crippen molar-refractivity contribution in [3.05, 3.63) is 71.9 Å². The van der Waals surface area contributed by atoms with Crippen LogP contribution in [0, 0.1) is 0 Å². The number of primary amides is 1. The van der Waals surface area contributed by atoms with Gasteiger partial charge in [0.05, 0.1) is 5.69 Å². The van der Waals surface area contributed by atoms with Crippen molar-refractivity contribution >= 4 is 30.7 Å². The summed E-state index contributed by atoms with van der Waals surface area (Å²) in [7, 11) is 1.99. The number of hydrogen-bond acceptors (Lipinski definition) is 3. The summed E-state index contributed by atoms with van der Waals surface area (Å²) in [4.78, 5) is 20.2. The third kappa shape index (κ3) is 5.05. The zero-order chi connectivity index (χ0) is 16.2. The van der Waals surface area contributed by atoms with E-state index in [0.717, 1.165) is 29.2 Å². The normalized spacial score (nSPS) is 9.80. The molecule has 0 saturated heterocycles. The van der Waals surface area contributed by atoms with Gasteiger partial charge in [-0.05, 0) is 18.6 Å². The van der Waals surface area contributed by atoms with Crippen LogP contribution in [0.4, 0.5) is 0 Å². The Hall–Kier alpha value is -2.37. The van der Waals surface area contributed by atoms with Crippen LogP contribution in [-0.4, -0.2) is 20.4 Å². The summed E-state index contributed by atoms with van der Waals surface area (Å²) >= 11 is 0. The summed E-state index contributed by atoms with van der Waals surface area (Å²) in [5.74, 6) is 0.477. The van der Waals surface area contributed by atoms with Crippen LogP contribution in [0.5, 0.6) is 0 Å². The molecule has 25 heavy (non-hydrogen) atoms. The van der Waals surface area contributed by atoms with Crippen LogP contribution in [0.1, 0.15) is 22.0 Å². The van der Waals surface area contributed by atoms with Crippen molar-refractivity contribution in [2.24, 2.45) is 12.8 Å². The number of imidazole rings is 1. The highest BCUT2D eigenvalue weighted by atomic mass is 35.5.